The highest BCUT2D eigenvalue weighted by molar-refractivity contribution is 7.98. The van der Waals surface area contributed by atoms with Crippen LogP contribution in [0.25, 0.3) is 0 Å². The molecule has 2 rings (SSSR count). The van der Waals surface area contributed by atoms with Gasteiger partial charge in [-0.15, -0.1) is 11.8 Å². The number of rotatable bonds is 4. The fourth-order valence-electron chi connectivity index (χ4n) is 1.86. The van der Waals surface area contributed by atoms with Gasteiger partial charge in [-0.3, -0.25) is 4.79 Å². The maximum atomic E-state index is 12.2. The Morgan fingerprint density at radius 2 is 2.00 bits per heavy atom. The second-order valence-electron chi connectivity index (χ2n) is 4.51. The molecule has 0 bridgehead atoms. The zero-order chi connectivity index (χ0) is 15.8. The summed E-state index contributed by atoms with van der Waals surface area (Å²) in [5, 5.41) is 11.7. The topological polar surface area (TPSA) is 49.3 Å². The summed E-state index contributed by atoms with van der Waals surface area (Å²) in [5.41, 5.74) is 2.03. The molecule has 1 amide bonds. The van der Waals surface area contributed by atoms with Gasteiger partial charge in [-0.2, -0.15) is 0 Å². The lowest BCUT2D eigenvalue weighted by Gasteiger charge is -2.09. The van der Waals surface area contributed by atoms with Crippen LogP contribution in [-0.4, -0.2) is 23.9 Å². The van der Waals surface area contributed by atoms with Gasteiger partial charge in [0.2, 0.25) is 0 Å². The molecule has 0 aromatic heterocycles. The molecule has 0 aliphatic rings. The van der Waals surface area contributed by atoms with Gasteiger partial charge in [-0.25, -0.2) is 0 Å². The van der Waals surface area contributed by atoms with E-state index in [4.69, 9.17) is 5.11 Å². The smallest absolute Gasteiger partial charge is 0.255 e. The van der Waals surface area contributed by atoms with Crippen LogP contribution in [0.5, 0.6) is 0 Å². The number of aliphatic hydroxyl groups is 1. The minimum atomic E-state index is -0.164. The number of aliphatic hydroxyl groups excluding tert-OH is 1. The lowest BCUT2D eigenvalue weighted by Crippen LogP contribution is -2.12. The third-order valence-electron chi connectivity index (χ3n) is 2.97. The molecular weight excluding hydrogens is 294 g/mol. The summed E-state index contributed by atoms with van der Waals surface area (Å²) in [5.74, 6) is 5.74. The van der Waals surface area contributed by atoms with Crippen molar-refractivity contribution in [2.24, 2.45) is 0 Å². The summed E-state index contributed by atoms with van der Waals surface area (Å²) in [6.07, 6.45) is 2.40. The molecule has 4 heteroatoms. The van der Waals surface area contributed by atoms with E-state index in [0.29, 0.717) is 17.7 Å². The number of hydrogen-bond acceptors (Lipinski definition) is 3. The maximum Gasteiger partial charge on any atom is 0.255 e. The number of anilines is 1. The molecule has 0 saturated heterocycles. The minimum absolute atomic E-state index is 0.0287. The van der Waals surface area contributed by atoms with Gasteiger partial charge in [0.15, 0.2) is 0 Å². The Bertz CT molecular complexity index is 702. The van der Waals surface area contributed by atoms with Gasteiger partial charge in [0.05, 0.1) is 12.3 Å². The van der Waals surface area contributed by atoms with Gasteiger partial charge in [-0.1, -0.05) is 30.0 Å². The molecule has 0 aliphatic carbocycles. The van der Waals surface area contributed by atoms with Gasteiger partial charge in [0, 0.05) is 22.4 Å². The lowest BCUT2D eigenvalue weighted by atomic mass is 10.1. The Labute approximate surface area is 134 Å². The van der Waals surface area contributed by atoms with Crippen molar-refractivity contribution in [3.8, 4) is 11.8 Å². The second kappa shape index (κ2) is 8.28. The summed E-state index contributed by atoms with van der Waals surface area (Å²) >= 11 is 1.62. The van der Waals surface area contributed by atoms with Crippen LogP contribution in [-0.2, 0) is 0 Å². The predicted molar refractivity (Wildman–Crippen MR) is 91.2 cm³/mol. The van der Waals surface area contributed by atoms with Crippen molar-refractivity contribution in [3.05, 3.63) is 59.7 Å². The molecule has 0 saturated carbocycles. The van der Waals surface area contributed by atoms with Gasteiger partial charge >= 0.3 is 0 Å². The van der Waals surface area contributed by atoms with E-state index < -0.39 is 0 Å². The lowest BCUT2D eigenvalue weighted by molar-refractivity contribution is 0.102. The Morgan fingerprint density at radius 1 is 1.23 bits per heavy atom. The standard InChI is InChI=1S/C18H17NO2S/c1-22-16-10-11-17(15(13-16)9-5-6-12-20)19-18(21)14-7-3-2-4-8-14/h2-4,7-8,10-11,13,20H,6,12H2,1H3,(H,19,21). The molecular formula is C18H17NO2S. The van der Waals surface area contributed by atoms with Crippen molar-refractivity contribution in [3.63, 3.8) is 0 Å². The number of amides is 1. The average molecular weight is 311 g/mol. The summed E-state index contributed by atoms with van der Waals surface area (Å²) in [6.45, 7) is 0.0287. The van der Waals surface area contributed by atoms with Crippen LogP contribution >= 0.6 is 11.8 Å². The Hall–Kier alpha value is -2.22. The fourth-order valence-corrected chi connectivity index (χ4v) is 2.30. The van der Waals surface area contributed by atoms with Crippen LogP contribution < -0.4 is 5.32 Å². The average Bonchev–Trinajstić information content (AvgIpc) is 2.57. The van der Waals surface area contributed by atoms with Gasteiger partial charge in [0.25, 0.3) is 5.91 Å². The van der Waals surface area contributed by atoms with Crippen molar-refractivity contribution in [1.82, 2.24) is 0 Å². The Kier molecular flexibility index (Phi) is 6.08. The first-order chi connectivity index (χ1) is 10.7. The SMILES string of the molecule is CSc1ccc(NC(=O)c2ccccc2)c(C#CCCO)c1. The number of nitrogens with one attached hydrogen (secondary N) is 1. The van der Waals surface area contributed by atoms with Crippen LogP contribution in [0.15, 0.2) is 53.4 Å². The maximum absolute atomic E-state index is 12.2. The molecule has 2 aromatic carbocycles. The van der Waals surface area contributed by atoms with Crippen LogP contribution in [0.4, 0.5) is 5.69 Å². The van der Waals surface area contributed by atoms with Crippen molar-refractivity contribution >= 4 is 23.4 Å². The highest BCUT2D eigenvalue weighted by atomic mass is 32.2. The molecule has 0 spiro atoms. The summed E-state index contributed by atoms with van der Waals surface area (Å²) < 4.78 is 0. The number of thioether (sulfide) groups is 1. The third-order valence-corrected chi connectivity index (χ3v) is 3.70. The Morgan fingerprint density at radius 3 is 2.68 bits per heavy atom. The van der Waals surface area contributed by atoms with E-state index in [0.717, 1.165) is 10.5 Å². The van der Waals surface area contributed by atoms with Crippen LogP contribution in [0, 0.1) is 11.8 Å². The zero-order valence-electron chi connectivity index (χ0n) is 12.3. The highest BCUT2D eigenvalue weighted by Crippen LogP contribution is 2.23. The van der Waals surface area contributed by atoms with E-state index >= 15 is 0 Å². The first kappa shape index (κ1) is 16.2. The van der Waals surface area contributed by atoms with E-state index in [2.05, 4.69) is 17.2 Å². The summed E-state index contributed by atoms with van der Waals surface area (Å²) in [7, 11) is 0. The van der Waals surface area contributed by atoms with Gasteiger partial charge in [0.1, 0.15) is 0 Å². The number of carbonyl (C=O) groups excluding carboxylic acids is 1. The quantitative estimate of drug-likeness (QED) is 0.672. The first-order valence-electron chi connectivity index (χ1n) is 6.88. The summed E-state index contributed by atoms with van der Waals surface area (Å²) in [4.78, 5) is 13.3. The molecule has 2 N–H and O–H groups in total. The molecule has 0 atom stereocenters. The predicted octanol–water partition coefficient (Wildman–Crippen LogP) is 3.39. The van der Waals surface area contributed by atoms with E-state index in [-0.39, 0.29) is 12.5 Å². The van der Waals surface area contributed by atoms with E-state index in [1.165, 1.54) is 0 Å². The van der Waals surface area contributed by atoms with E-state index in [1.807, 2.05) is 42.7 Å². The zero-order valence-corrected chi connectivity index (χ0v) is 13.1. The fraction of sp³-hybridized carbons (Fsp3) is 0.167. The first-order valence-corrected chi connectivity index (χ1v) is 8.11. The van der Waals surface area contributed by atoms with Gasteiger partial charge < -0.3 is 10.4 Å². The summed E-state index contributed by atoms with van der Waals surface area (Å²) in [6, 6.07) is 14.8. The number of benzene rings is 2. The normalized spacial score (nSPS) is 9.73. The molecule has 0 radical (unpaired) electrons. The largest absolute Gasteiger partial charge is 0.395 e. The van der Waals surface area contributed by atoms with Crippen molar-refractivity contribution < 1.29 is 9.90 Å². The van der Waals surface area contributed by atoms with Crippen molar-refractivity contribution in [2.45, 2.75) is 11.3 Å². The molecule has 0 fully saturated rings. The Balaban J connectivity index is 2.26. The molecule has 0 heterocycles. The van der Waals surface area contributed by atoms with Crippen LogP contribution in [0.1, 0.15) is 22.3 Å². The highest BCUT2D eigenvalue weighted by Gasteiger charge is 2.08. The monoisotopic (exact) mass is 311 g/mol. The molecule has 22 heavy (non-hydrogen) atoms. The molecule has 2 aromatic rings. The van der Waals surface area contributed by atoms with Crippen molar-refractivity contribution in [1.29, 1.82) is 0 Å². The minimum Gasteiger partial charge on any atom is -0.395 e. The third kappa shape index (κ3) is 4.39. The van der Waals surface area contributed by atoms with Crippen LogP contribution in [0.2, 0.25) is 0 Å². The van der Waals surface area contributed by atoms with Gasteiger partial charge in [-0.05, 0) is 36.6 Å². The van der Waals surface area contributed by atoms with Crippen molar-refractivity contribution in [2.75, 3.05) is 18.2 Å². The molecule has 0 unspecified atom stereocenters. The molecule has 3 nitrogen and oxygen atoms in total. The molecule has 0 aliphatic heterocycles. The number of carbonyl (C=O) groups is 1. The van der Waals surface area contributed by atoms with E-state index in [1.54, 1.807) is 23.9 Å². The van der Waals surface area contributed by atoms with E-state index in [9.17, 15) is 4.79 Å². The number of hydrogen-bond donors (Lipinski definition) is 2. The van der Waals surface area contributed by atoms with Crippen LogP contribution in [0.3, 0.4) is 0 Å². The molecule has 112 valence electrons. The second-order valence-corrected chi connectivity index (χ2v) is 5.39.